The summed E-state index contributed by atoms with van der Waals surface area (Å²) in [4.78, 5) is 11.7. The summed E-state index contributed by atoms with van der Waals surface area (Å²) in [6.45, 7) is 1.78. The van der Waals surface area contributed by atoms with Crippen molar-refractivity contribution >= 4 is 17.6 Å². The second kappa shape index (κ2) is 4.69. The molecule has 102 valence electrons. The lowest BCUT2D eigenvalue weighted by Gasteiger charge is -2.27. The van der Waals surface area contributed by atoms with Gasteiger partial charge in [-0.15, -0.1) is 5.10 Å². The Morgan fingerprint density at radius 1 is 1.25 bits per heavy atom. The Labute approximate surface area is 114 Å². The van der Waals surface area contributed by atoms with E-state index in [1.165, 1.54) is 0 Å². The van der Waals surface area contributed by atoms with E-state index in [1.807, 2.05) is 30.3 Å². The fraction of sp³-hybridized carbons (Fsp3) is 0.154. The van der Waals surface area contributed by atoms with E-state index in [1.54, 1.807) is 6.92 Å². The summed E-state index contributed by atoms with van der Waals surface area (Å²) in [7, 11) is 0. The van der Waals surface area contributed by atoms with E-state index >= 15 is 0 Å². The standard InChI is InChI=1S/C13H13N5O2/c1-7-9(11-17-18-12(14)20-11)10(16-13(19)15-7)8-5-3-2-4-6-8/h2-6,10H,1H3,(H2,14,18)(H2,15,16,19). The van der Waals surface area contributed by atoms with Crippen molar-refractivity contribution < 1.29 is 9.21 Å². The molecule has 0 aliphatic carbocycles. The molecular formula is C13H13N5O2. The summed E-state index contributed by atoms with van der Waals surface area (Å²) in [5, 5.41) is 13.1. The van der Waals surface area contributed by atoms with Crippen LogP contribution in [0.15, 0.2) is 40.4 Å². The van der Waals surface area contributed by atoms with Crippen molar-refractivity contribution in [3.8, 4) is 0 Å². The number of nitrogen functional groups attached to an aromatic ring is 1. The molecule has 1 aromatic heterocycles. The summed E-state index contributed by atoms with van der Waals surface area (Å²) in [5.41, 5.74) is 7.76. The number of rotatable bonds is 2. The molecule has 0 saturated heterocycles. The van der Waals surface area contributed by atoms with Crippen molar-refractivity contribution in [1.82, 2.24) is 20.8 Å². The maximum atomic E-state index is 11.7. The summed E-state index contributed by atoms with van der Waals surface area (Å²) in [6.07, 6.45) is 0. The maximum Gasteiger partial charge on any atom is 0.319 e. The average Bonchev–Trinajstić information content (AvgIpc) is 2.85. The molecule has 1 aromatic carbocycles. The molecule has 0 radical (unpaired) electrons. The van der Waals surface area contributed by atoms with E-state index in [9.17, 15) is 4.79 Å². The van der Waals surface area contributed by atoms with Crippen molar-refractivity contribution in [2.24, 2.45) is 0 Å². The van der Waals surface area contributed by atoms with Crippen LogP contribution >= 0.6 is 0 Å². The number of nitrogens with one attached hydrogen (secondary N) is 2. The third kappa shape index (κ3) is 2.09. The van der Waals surface area contributed by atoms with Crippen molar-refractivity contribution in [2.45, 2.75) is 13.0 Å². The molecule has 3 rings (SSSR count). The number of aromatic nitrogens is 2. The van der Waals surface area contributed by atoms with Gasteiger partial charge in [0.05, 0.1) is 11.6 Å². The Morgan fingerprint density at radius 3 is 2.65 bits per heavy atom. The minimum Gasteiger partial charge on any atom is -0.404 e. The minimum absolute atomic E-state index is 0.0102. The first-order chi connectivity index (χ1) is 9.65. The van der Waals surface area contributed by atoms with E-state index in [4.69, 9.17) is 10.2 Å². The van der Waals surface area contributed by atoms with E-state index < -0.39 is 0 Å². The Morgan fingerprint density at radius 2 is 2.00 bits per heavy atom. The number of hydrogen-bond donors (Lipinski definition) is 3. The molecule has 1 aliphatic rings. The number of allylic oxidation sites excluding steroid dienone is 1. The highest BCUT2D eigenvalue weighted by Crippen LogP contribution is 2.33. The first kappa shape index (κ1) is 12.2. The zero-order valence-electron chi connectivity index (χ0n) is 10.8. The lowest BCUT2D eigenvalue weighted by atomic mass is 9.95. The van der Waals surface area contributed by atoms with E-state index in [0.717, 1.165) is 5.56 Å². The number of nitrogens with two attached hydrogens (primary N) is 1. The fourth-order valence-electron chi connectivity index (χ4n) is 2.22. The molecular weight excluding hydrogens is 258 g/mol. The van der Waals surface area contributed by atoms with Crippen LogP contribution in [0.2, 0.25) is 0 Å². The molecule has 0 spiro atoms. The predicted octanol–water partition coefficient (Wildman–Crippen LogP) is 1.44. The highest BCUT2D eigenvalue weighted by atomic mass is 16.4. The van der Waals surface area contributed by atoms with Gasteiger partial charge in [-0.25, -0.2) is 4.79 Å². The van der Waals surface area contributed by atoms with Crippen LogP contribution in [-0.4, -0.2) is 16.2 Å². The quantitative estimate of drug-likeness (QED) is 0.766. The number of hydrogen-bond acceptors (Lipinski definition) is 5. The van der Waals surface area contributed by atoms with Gasteiger partial charge in [-0.1, -0.05) is 35.4 Å². The first-order valence-electron chi connectivity index (χ1n) is 6.07. The van der Waals surface area contributed by atoms with Crippen LogP contribution in [0.1, 0.15) is 24.4 Å². The Kier molecular flexibility index (Phi) is 2.86. The average molecular weight is 271 g/mol. The molecule has 2 aromatic rings. The number of carbonyl (C=O) groups excluding carboxylic acids is 1. The third-order valence-electron chi connectivity index (χ3n) is 3.07. The van der Waals surface area contributed by atoms with Gasteiger partial charge in [0.25, 0.3) is 0 Å². The highest BCUT2D eigenvalue weighted by Gasteiger charge is 2.30. The largest absolute Gasteiger partial charge is 0.404 e. The first-order valence-corrected chi connectivity index (χ1v) is 6.07. The minimum atomic E-state index is -0.357. The number of carbonyl (C=O) groups is 1. The summed E-state index contributed by atoms with van der Waals surface area (Å²) in [5.74, 6) is 0.293. The lowest BCUT2D eigenvalue weighted by molar-refractivity contribution is 0.240. The van der Waals surface area contributed by atoms with Crippen LogP contribution in [0.4, 0.5) is 10.8 Å². The second-order valence-electron chi connectivity index (χ2n) is 4.43. The van der Waals surface area contributed by atoms with E-state index in [2.05, 4.69) is 20.8 Å². The Hall–Kier alpha value is -2.83. The molecule has 2 amide bonds. The molecule has 0 saturated carbocycles. The number of urea groups is 1. The summed E-state index contributed by atoms with van der Waals surface area (Å²) >= 11 is 0. The Balaban J connectivity index is 2.11. The van der Waals surface area contributed by atoms with E-state index in [-0.39, 0.29) is 18.1 Å². The van der Waals surface area contributed by atoms with Gasteiger partial charge < -0.3 is 20.8 Å². The van der Waals surface area contributed by atoms with Gasteiger partial charge in [0.1, 0.15) is 0 Å². The predicted molar refractivity (Wildman–Crippen MR) is 72.2 cm³/mol. The molecule has 1 unspecified atom stereocenters. The molecule has 4 N–H and O–H groups in total. The van der Waals surface area contributed by atoms with Crippen LogP contribution in [0.3, 0.4) is 0 Å². The van der Waals surface area contributed by atoms with Gasteiger partial charge in [-0.2, -0.15) is 0 Å². The second-order valence-corrected chi connectivity index (χ2v) is 4.43. The van der Waals surface area contributed by atoms with Crippen molar-refractivity contribution in [2.75, 3.05) is 5.73 Å². The molecule has 0 fully saturated rings. The third-order valence-corrected chi connectivity index (χ3v) is 3.07. The lowest BCUT2D eigenvalue weighted by Crippen LogP contribution is -2.42. The van der Waals surface area contributed by atoms with Crippen LogP contribution < -0.4 is 16.4 Å². The van der Waals surface area contributed by atoms with Crippen LogP contribution in [0, 0.1) is 0 Å². The van der Waals surface area contributed by atoms with Gasteiger partial charge in [0.2, 0.25) is 5.89 Å². The highest BCUT2D eigenvalue weighted by molar-refractivity contribution is 5.86. The summed E-state index contributed by atoms with van der Waals surface area (Å²) < 4.78 is 5.29. The number of anilines is 1. The van der Waals surface area contributed by atoms with Gasteiger partial charge in [0.15, 0.2) is 0 Å². The molecule has 20 heavy (non-hydrogen) atoms. The molecule has 2 heterocycles. The monoisotopic (exact) mass is 271 g/mol. The molecule has 7 heteroatoms. The van der Waals surface area contributed by atoms with Gasteiger partial charge in [-0.3, -0.25) is 0 Å². The van der Waals surface area contributed by atoms with Gasteiger partial charge >= 0.3 is 12.0 Å². The maximum absolute atomic E-state index is 11.7. The topological polar surface area (TPSA) is 106 Å². The zero-order chi connectivity index (χ0) is 14.1. The number of nitrogens with zero attached hydrogens (tertiary/aromatic N) is 2. The van der Waals surface area contributed by atoms with Crippen molar-refractivity contribution in [3.05, 3.63) is 47.5 Å². The normalized spacial score (nSPS) is 18.6. The molecule has 1 atom stereocenters. The molecule has 0 bridgehead atoms. The van der Waals surface area contributed by atoms with Crippen LogP contribution in [0.5, 0.6) is 0 Å². The van der Waals surface area contributed by atoms with Gasteiger partial charge in [-0.05, 0) is 12.5 Å². The van der Waals surface area contributed by atoms with Crippen LogP contribution in [0.25, 0.3) is 5.57 Å². The van der Waals surface area contributed by atoms with Crippen LogP contribution in [-0.2, 0) is 0 Å². The number of amides is 2. The Bertz CT molecular complexity index is 677. The van der Waals surface area contributed by atoms with Crippen molar-refractivity contribution in [3.63, 3.8) is 0 Å². The fourth-order valence-corrected chi connectivity index (χ4v) is 2.22. The molecule has 1 aliphatic heterocycles. The van der Waals surface area contributed by atoms with Crippen molar-refractivity contribution in [1.29, 1.82) is 0 Å². The molecule has 7 nitrogen and oxygen atoms in total. The van der Waals surface area contributed by atoms with E-state index in [0.29, 0.717) is 17.2 Å². The smallest absolute Gasteiger partial charge is 0.319 e. The zero-order valence-corrected chi connectivity index (χ0v) is 10.8. The summed E-state index contributed by atoms with van der Waals surface area (Å²) in [6, 6.07) is 8.92. The van der Waals surface area contributed by atoms with Gasteiger partial charge in [0, 0.05) is 5.70 Å². The SMILES string of the molecule is CC1=C(c2nnc(N)o2)C(c2ccccc2)NC(=O)N1. The number of benzene rings is 1.